The largest absolute Gasteiger partial charge is 0.331 e. The van der Waals surface area contributed by atoms with Gasteiger partial charge < -0.3 is 0 Å². The molecule has 1 saturated heterocycles. The molecule has 2 fully saturated rings. The molecule has 5 nitrogen and oxygen atoms in total. The highest BCUT2D eigenvalue weighted by Gasteiger charge is 2.40. The second-order valence-corrected chi connectivity index (χ2v) is 6.21. The van der Waals surface area contributed by atoms with Gasteiger partial charge in [-0.1, -0.05) is 49.1 Å². The van der Waals surface area contributed by atoms with Crippen LogP contribution >= 0.6 is 11.6 Å². The van der Waals surface area contributed by atoms with Crippen LogP contribution in [0.2, 0.25) is 5.02 Å². The molecular weight excluding hydrogens is 316 g/mol. The number of hydrogen-bond acceptors (Lipinski definition) is 3. The van der Waals surface area contributed by atoms with E-state index >= 15 is 0 Å². The molecule has 120 valence electrons. The quantitative estimate of drug-likeness (QED) is 0.668. The van der Waals surface area contributed by atoms with Crippen LogP contribution in [-0.4, -0.2) is 28.8 Å². The molecular formula is C17H17ClN2O3. The Labute approximate surface area is 139 Å². The number of imide groups is 2. The van der Waals surface area contributed by atoms with Crippen molar-refractivity contribution in [1.82, 2.24) is 10.2 Å². The van der Waals surface area contributed by atoms with Crippen LogP contribution in [0.5, 0.6) is 0 Å². The van der Waals surface area contributed by atoms with E-state index in [9.17, 15) is 14.4 Å². The zero-order valence-corrected chi connectivity index (χ0v) is 13.3. The summed E-state index contributed by atoms with van der Waals surface area (Å²) in [6, 6.07) is 6.18. The fourth-order valence-corrected chi connectivity index (χ4v) is 3.28. The monoisotopic (exact) mass is 332 g/mol. The van der Waals surface area contributed by atoms with Crippen molar-refractivity contribution in [2.75, 3.05) is 0 Å². The Morgan fingerprint density at radius 3 is 2.48 bits per heavy atom. The van der Waals surface area contributed by atoms with Crippen molar-refractivity contribution >= 4 is 35.5 Å². The molecule has 1 aromatic rings. The van der Waals surface area contributed by atoms with E-state index in [0.29, 0.717) is 10.6 Å². The SMILES string of the molecule is O=C1NC(=O)N(C2CCCCC2)C(=O)C1=Cc1ccccc1Cl. The van der Waals surface area contributed by atoms with Gasteiger partial charge in [-0.3, -0.25) is 19.8 Å². The number of carbonyl (C=O) groups excluding carboxylic acids is 3. The lowest BCUT2D eigenvalue weighted by Crippen LogP contribution is -2.58. The second kappa shape index (κ2) is 6.54. The number of urea groups is 1. The lowest BCUT2D eigenvalue weighted by Gasteiger charge is -2.35. The summed E-state index contributed by atoms with van der Waals surface area (Å²) in [6.45, 7) is 0. The Kier molecular flexibility index (Phi) is 4.48. The molecule has 6 heteroatoms. The zero-order chi connectivity index (χ0) is 16.4. The Bertz CT molecular complexity index is 693. The van der Waals surface area contributed by atoms with E-state index in [2.05, 4.69) is 5.32 Å². The van der Waals surface area contributed by atoms with Crippen LogP contribution in [0.1, 0.15) is 37.7 Å². The first-order chi connectivity index (χ1) is 11.1. The van der Waals surface area contributed by atoms with E-state index in [1.807, 2.05) is 0 Å². The molecule has 23 heavy (non-hydrogen) atoms. The van der Waals surface area contributed by atoms with Gasteiger partial charge in [0.1, 0.15) is 5.57 Å². The van der Waals surface area contributed by atoms with Gasteiger partial charge in [0.15, 0.2) is 0 Å². The summed E-state index contributed by atoms with van der Waals surface area (Å²) in [5.41, 5.74) is 0.522. The standard InChI is InChI=1S/C17H17ClN2O3/c18-14-9-5-4-6-11(14)10-13-15(21)19-17(23)20(16(13)22)12-7-2-1-3-8-12/h4-6,9-10,12H,1-3,7-8H2,(H,19,21,23). The van der Waals surface area contributed by atoms with Gasteiger partial charge >= 0.3 is 6.03 Å². The van der Waals surface area contributed by atoms with Crippen molar-refractivity contribution in [2.24, 2.45) is 0 Å². The number of barbiturate groups is 1. The average molecular weight is 333 g/mol. The molecule has 0 bridgehead atoms. The fourth-order valence-electron chi connectivity index (χ4n) is 3.09. The molecule has 0 aromatic heterocycles. The van der Waals surface area contributed by atoms with Crippen molar-refractivity contribution in [1.29, 1.82) is 0 Å². The highest BCUT2D eigenvalue weighted by atomic mass is 35.5. The van der Waals surface area contributed by atoms with Crippen molar-refractivity contribution < 1.29 is 14.4 Å². The molecule has 4 amide bonds. The number of hydrogen-bond donors (Lipinski definition) is 1. The van der Waals surface area contributed by atoms with Gasteiger partial charge in [0.05, 0.1) is 0 Å². The van der Waals surface area contributed by atoms with Gasteiger partial charge in [-0.15, -0.1) is 0 Å². The maximum Gasteiger partial charge on any atom is 0.331 e. The fraction of sp³-hybridized carbons (Fsp3) is 0.353. The normalized spacial score (nSPS) is 21.7. The van der Waals surface area contributed by atoms with Gasteiger partial charge in [0, 0.05) is 11.1 Å². The highest BCUT2D eigenvalue weighted by Crippen LogP contribution is 2.27. The minimum atomic E-state index is -0.674. The number of carbonyl (C=O) groups is 3. The van der Waals surface area contributed by atoms with Gasteiger partial charge in [-0.2, -0.15) is 0 Å². The third-order valence-electron chi connectivity index (χ3n) is 4.28. The van der Waals surface area contributed by atoms with Crippen molar-refractivity contribution in [3.05, 3.63) is 40.4 Å². The first-order valence-electron chi connectivity index (χ1n) is 7.73. The Hall–Kier alpha value is -2.14. The van der Waals surface area contributed by atoms with Crippen molar-refractivity contribution in [3.63, 3.8) is 0 Å². The van der Waals surface area contributed by atoms with Gasteiger partial charge in [0.2, 0.25) is 0 Å². The number of nitrogens with zero attached hydrogens (tertiary/aromatic N) is 1. The number of nitrogens with one attached hydrogen (secondary N) is 1. The molecule has 1 saturated carbocycles. The minimum absolute atomic E-state index is 0.0525. The summed E-state index contributed by atoms with van der Waals surface area (Å²) in [5.74, 6) is -1.21. The average Bonchev–Trinajstić information content (AvgIpc) is 2.54. The van der Waals surface area contributed by atoms with Gasteiger partial charge in [-0.25, -0.2) is 4.79 Å². The number of amides is 4. The van der Waals surface area contributed by atoms with Crippen LogP contribution in [0.4, 0.5) is 4.79 Å². The molecule has 0 unspecified atom stereocenters. The lowest BCUT2D eigenvalue weighted by molar-refractivity contribution is -0.132. The van der Waals surface area contributed by atoms with E-state index in [1.165, 1.54) is 11.0 Å². The summed E-state index contributed by atoms with van der Waals surface area (Å²) in [6.07, 6.45) is 6.10. The topological polar surface area (TPSA) is 66.5 Å². The van der Waals surface area contributed by atoms with Gasteiger partial charge in [-0.05, 0) is 30.5 Å². The molecule has 1 aliphatic heterocycles. The van der Waals surface area contributed by atoms with E-state index in [-0.39, 0.29) is 11.6 Å². The molecule has 0 spiro atoms. The lowest BCUT2D eigenvalue weighted by atomic mass is 9.93. The molecule has 0 radical (unpaired) electrons. The molecule has 1 aromatic carbocycles. The second-order valence-electron chi connectivity index (χ2n) is 5.81. The van der Waals surface area contributed by atoms with Crippen molar-refractivity contribution in [2.45, 2.75) is 38.1 Å². The highest BCUT2D eigenvalue weighted by molar-refractivity contribution is 6.34. The first kappa shape index (κ1) is 15.7. The number of halogens is 1. The maximum absolute atomic E-state index is 12.7. The molecule has 1 N–H and O–H groups in total. The van der Waals surface area contributed by atoms with Crippen LogP contribution in [0, 0.1) is 0 Å². The predicted molar refractivity (Wildman–Crippen MR) is 86.7 cm³/mol. The Morgan fingerprint density at radius 1 is 1.09 bits per heavy atom. The van der Waals surface area contributed by atoms with E-state index in [1.54, 1.807) is 24.3 Å². The molecule has 1 aliphatic carbocycles. The molecule has 2 aliphatic rings. The smallest absolute Gasteiger partial charge is 0.273 e. The predicted octanol–water partition coefficient (Wildman–Crippen LogP) is 3.13. The number of rotatable bonds is 2. The Morgan fingerprint density at radius 2 is 1.78 bits per heavy atom. The first-order valence-corrected chi connectivity index (χ1v) is 8.11. The van der Waals surface area contributed by atoms with E-state index < -0.39 is 17.8 Å². The van der Waals surface area contributed by atoms with E-state index in [4.69, 9.17) is 11.6 Å². The number of benzene rings is 1. The van der Waals surface area contributed by atoms with Crippen LogP contribution in [-0.2, 0) is 9.59 Å². The van der Waals surface area contributed by atoms with Crippen LogP contribution in [0.25, 0.3) is 6.08 Å². The molecule has 1 heterocycles. The van der Waals surface area contributed by atoms with Crippen LogP contribution < -0.4 is 5.32 Å². The maximum atomic E-state index is 12.7. The van der Waals surface area contributed by atoms with Crippen LogP contribution in [0.15, 0.2) is 29.8 Å². The van der Waals surface area contributed by atoms with E-state index in [0.717, 1.165) is 32.1 Å². The minimum Gasteiger partial charge on any atom is -0.273 e. The molecule has 3 rings (SSSR count). The summed E-state index contributed by atoms with van der Waals surface area (Å²) in [4.78, 5) is 38.1. The summed E-state index contributed by atoms with van der Waals surface area (Å²) in [7, 11) is 0. The zero-order valence-electron chi connectivity index (χ0n) is 12.5. The van der Waals surface area contributed by atoms with Crippen LogP contribution in [0.3, 0.4) is 0 Å². The molecule has 0 atom stereocenters. The summed E-state index contributed by atoms with van der Waals surface area (Å²) >= 11 is 6.08. The summed E-state index contributed by atoms with van der Waals surface area (Å²) in [5, 5.41) is 2.71. The third-order valence-corrected chi connectivity index (χ3v) is 4.62. The van der Waals surface area contributed by atoms with Crippen molar-refractivity contribution in [3.8, 4) is 0 Å². The third kappa shape index (κ3) is 3.15. The van der Waals surface area contributed by atoms with Gasteiger partial charge in [0.25, 0.3) is 11.8 Å². The Balaban J connectivity index is 1.93. The summed E-state index contributed by atoms with van der Waals surface area (Å²) < 4.78 is 0.